The Hall–Kier alpha value is -1.68. The van der Waals surface area contributed by atoms with Gasteiger partial charge in [-0.25, -0.2) is 4.79 Å². The molecule has 0 unspecified atom stereocenters. The van der Waals surface area contributed by atoms with Gasteiger partial charge in [0.05, 0.1) is 0 Å². The summed E-state index contributed by atoms with van der Waals surface area (Å²) in [7, 11) is 1.73. The third-order valence-corrected chi connectivity index (χ3v) is 4.21. The van der Waals surface area contributed by atoms with Crippen molar-refractivity contribution in [3.05, 3.63) is 35.9 Å². The Bertz CT molecular complexity index is 486. The van der Waals surface area contributed by atoms with Crippen LogP contribution in [0.25, 0.3) is 0 Å². The van der Waals surface area contributed by atoms with Gasteiger partial charge in [0.25, 0.3) is 0 Å². The zero-order chi connectivity index (χ0) is 14.6. The Morgan fingerprint density at radius 3 is 2.55 bits per heavy atom. The Morgan fingerprint density at radius 2 is 2.00 bits per heavy atom. The molecule has 2 rings (SSSR count). The van der Waals surface area contributed by atoms with Gasteiger partial charge >= 0.3 is 5.97 Å². The standard InChI is InChI=1S/C16H21NO3/c1-17-12-6-11-16(17,15(19)20)14(18)10-5-9-13-7-3-2-4-8-13/h2-4,7-8H,5-6,9-12H2,1H3,(H,19,20)/t16-/m0/s1. The lowest BCUT2D eigenvalue weighted by atomic mass is 9.88. The van der Waals surface area contributed by atoms with E-state index in [9.17, 15) is 14.7 Å². The smallest absolute Gasteiger partial charge is 0.331 e. The number of aryl methyl sites for hydroxylation is 1. The fraction of sp³-hybridized carbons (Fsp3) is 0.500. The van der Waals surface area contributed by atoms with Gasteiger partial charge in [-0.2, -0.15) is 0 Å². The molecule has 1 heterocycles. The van der Waals surface area contributed by atoms with Gasteiger partial charge in [0.2, 0.25) is 0 Å². The summed E-state index contributed by atoms with van der Waals surface area (Å²) in [6.07, 6.45) is 3.04. The lowest BCUT2D eigenvalue weighted by Crippen LogP contribution is -2.54. The van der Waals surface area contributed by atoms with E-state index in [-0.39, 0.29) is 5.78 Å². The van der Waals surface area contributed by atoms with Crippen molar-refractivity contribution < 1.29 is 14.7 Å². The number of carboxylic acids is 1. The molecule has 0 spiro atoms. The molecule has 1 aromatic rings. The SMILES string of the molecule is CN1CCC[C@@]1(C(=O)O)C(=O)CCCc1ccccc1. The van der Waals surface area contributed by atoms with Crippen molar-refractivity contribution in [1.29, 1.82) is 0 Å². The lowest BCUT2D eigenvalue weighted by Gasteiger charge is -2.30. The predicted molar refractivity (Wildman–Crippen MR) is 76.6 cm³/mol. The molecule has 0 saturated carbocycles. The summed E-state index contributed by atoms with van der Waals surface area (Å²) in [5, 5.41) is 9.46. The minimum Gasteiger partial charge on any atom is -0.480 e. The molecule has 0 aliphatic carbocycles. The second-order valence-corrected chi connectivity index (χ2v) is 5.45. The van der Waals surface area contributed by atoms with Crippen molar-refractivity contribution >= 4 is 11.8 Å². The lowest BCUT2D eigenvalue weighted by molar-refractivity contribution is -0.155. The Labute approximate surface area is 119 Å². The van der Waals surface area contributed by atoms with E-state index in [2.05, 4.69) is 0 Å². The summed E-state index contributed by atoms with van der Waals surface area (Å²) in [6, 6.07) is 9.96. The van der Waals surface area contributed by atoms with Gasteiger partial charge in [-0.3, -0.25) is 9.69 Å². The largest absolute Gasteiger partial charge is 0.480 e. The number of nitrogens with zero attached hydrogens (tertiary/aromatic N) is 1. The molecular formula is C16H21NO3. The van der Waals surface area contributed by atoms with Crippen molar-refractivity contribution in [1.82, 2.24) is 4.90 Å². The number of likely N-dealkylation sites (tertiary alicyclic amines) is 1. The summed E-state index contributed by atoms with van der Waals surface area (Å²) >= 11 is 0. The van der Waals surface area contributed by atoms with Crippen LogP contribution < -0.4 is 0 Å². The zero-order valence-electron chi connectivity index (χ0n) is 11.8. The van der Waals surface area contributed by atoms with Crippen molar-refractivity contribution in [3.8, 4) is 0 Å². The minimum absolute atomic E-state index is 0.152. The van der Waals surface area contributed by atoms with E-state index in [1.807, 2.05) is 30.3 Å². The van der Waals surface area contributed by atoms with Gasteiger partial charge in [0.1, 0.15) is 0 Å². The highest BCUT2D eigenvalue weighted by Gasteiger charge is 2.51. The maximum absolute atomic E-state index is 12.4. The van der Waals surface area contributed by atoms with Crippen molar-refractivity contribution in [2.75, 3.05) is 13.6 Å². The number of aliphatic carboxylic acids is 1. The van der Waals surface area contributed by atoms with E-state index >= 15 is 0 Å². The third-order valence-electron chi connectivity index (χ3n) is 4.21. The van der Waals surface area contributed by atoms with E-state index < -0.39 is 11.5 Å². The highest BCUT2D eigenvalue weighted by molar-refractivity contribution is 6.08. The quantitative estimate of drug-likeness (QED) is 0.808. The van der Waals surface area contributed by atoms with Gasteiger partial charge < -0.3 is 5.11 Å². The first kappa shape index (κ1) is 14.7. The van der Waals surface area contributed by atoms with Crippen LogP contribution in [0.4, 0.5) is 0 Å². The first-order chi connectivity index (χ1) is 9.57. The van der Waals surface area contributed by atoms with Gasteiger partial charge in [-0.15, -0.1) is 0 Å². The van der Waals surface area contributed by atoms with Gasteiger partial charge in [-0.05, 0) is 44.8 Å². The van der Waals surface area contributed by atoms with Crippen molar-refractivity contribution in [2.45, 2.75) is 37.6 Å². The highest BCUT2D eigenvalue weighted by Crippen LogP contribution is 2.30. The number of likely N-dealkylation sites (N-methyl/N-ethyl adjacent to an activating group) is 1. The molecule has 1 N–H and O–H groups in total. The number of ketones is 1. The third kappa shape index (κ3) is 2.75. The molecule has 1 saturated heterocycles. The highest BCUT2D eigenvalue weighted by atomic mass is 16.4. The van der Waals surface area contributed by atoms with Crippen molar-refractivity contribution in [2.24, 2.45) is 0 Å². The molecule has 108 valence electrons. The number of hydrogen-bond acceptors (Lipinski definition) is 3. The molecule has 1 fully saturated rings. The molecule has 0 radical (unpaired) electrons. The normalized spacial score (nSPS) is 22.9. The van der Waals surface area contributed by atoms with Crippen LogP contribution in [-0.4, -0.2) is 40.9 Å². The molecule has 1 atom stereocenters. The number of carbonyl (C=O) groups is 2. The number of benzene rings is 1. The molecule has 1 aliphatic rings. The van der Waals surface area contributed by atoms with E-state index in [0.29, 0.717) is 25.8 Å². The maximum Gasteiger partial charge on any atom is 0.331 e. The second kappa shape index (κ2) is 6.18. The van der Waals surface area contributed by atoms with Crippen LogP contribution in [0.2, 0.25) is 0 Å². The van der Waals surface area contributed by atoms with E-state index in [0.717, 1.165) is 12.8 Å². The maximum atomic E-state index is 12.4. The van der Waals surface area contributed by atoms with E-state index in [1.54, 1.807) is 11.9 Å². The number of carboxylic acid groups (broad SMARTS) is 1. The van der Waals surface area contributed by atoms with Gasteiger partial charge in [0.15, 0.2) is 11.3 Å². The summed E-state index contributed by atoms with van der Waals surface area (Å²) in [6.45, 7) is 0.677. The van der Waals surface area contributed by atoms with Crippen LogP contribution in [0.5, 0.6) is 0 Å². The summed E-state index contributed by atoms with van der Waals surface area (Å²) in [5.41, 5.74) is -0.0964. The minimum atomic E-state index is -1.28. The van der Waals surface area contributed by atoms with Crippen LogP contribution in [0.1, 0.15) is 31.2 Å². The molecule has 1 aliphatic heterocycles. The van der Waals surface area contributed by atoms with Gasteiger partial charge in [-0.1, -0.05) is 30.3 Å². The molecule has 4 heteroatoms. The zero-order valence-corrected chi connectivity index (χ0v) is 11.8. The summed E-state index contributed by atoms with van der Waals surface area (Å²) in [5.74, 6) is -1.15. The van der Waals surface area contributed by atoms with E-state index in [1.165, 1.54) is 5.56 Å². The molecule has 0 amide bonds. The van der Waals surface area contributed by atoms with Crippen LogP contribution in [-0.2, 0) is 16.0 Å². The van der Waals surface area contributed by atoms with Crippen LogP contribution in [0, 0.1) is 0 Å². The van der Waals surface area contributed by atoms with Crippen LogP contribution in [0.15, 0.2) is 30.3 Å². The number of hydrogen-bond donors (Lipinski definition) is 1. The second-order valence-electron chi connectivity index (χ2n) is 5.45. The molecule has 0 aromatic heterocycles. The molecule has 20 heavy (non-hydrogen) atoms. The Kier molecular flexibility index (Phi) is 4.55. The fourth-order valence-electron chi connectivity index (χ4n) is 3.00. The predicted octanol–water partition coefficient (Wildman–Crippen LogP) is 2.13. The summed E-state index contributed by atoms with van der Waals surface area (Å²) < 4.78 is 0. The van der Waals surface area contributed by atoms with E-state index in [4.69, 9.17) is 0 Å². The number of rotatable bonds is 6. The van der Waals surface area contributed by atoms with Crippen LogP contribution in [0.3, 0.4) is 0 Å². The first-order valence-corrected chi connectivity index (χ1v) is 7.09. The van der Waals surface area contributed by atoms with Crippen molar-refractivity contribution in [3.63, 3.8) is 0 Å². The number of carbonyl (C=O) groups excluding carboxylic acids is 1. The first-order valence-electron chi connectivity index (χ1n) is 7.09. The monoisotopic (exact) mass is 275 g/mol. The van der Waals surface area contributed by atoms with Crippen LogP contribution >= 0.6 is 0 Å². The Morgan fingerprint density at radius 1 is 1.30 bits per heavy atom. The average Bonchev–Trinajstić information content (AvgIpc) is 2.83. The molecule has 4 nitrogen and oxygen atoms in total. The molecule has 0 bridgehead atoms. The summed E-state index contributed by atoms with van der Waals surface area (Å²) in [4.78, 5) is 25.6. The molecule has 1 aromatic carbocycles. The fourth-order valence-corrected chi connectivity index (χ4v) is 3.00. The van der Waals surface area contributed by atoms with Gasteiger partial charge in [0, 0.05) is 6.42 Å². The molecular weight excluding hydrogens is 254 g/mol. The number of Topliss-reactive ketones (excluding diaryl/α,β-unsaturated/α-hetero) is 1. The average molecular weight is 275 g/mol. The topological polar surface area (TPSA) is 57.6 Å². The Balaban J connectivity index is 1.95.